The Kier molecular flexibility index (Phi) is 4.81. The second kappa shape index (κ2) is 7.00. The summed E-state index contributed by atoms with van der Waals surface area (Å²) in [6.45, 7) is 3.16. The third-order valence-corrected chi connectivity index (χ3v) is 4.56. The number of rotatable bonds is 5. The maximum atomic E-state index is 12.1. The second-order valence-electron chi connectivity index (χ2n) is 6.37. The zero-order valence-corrected chi connectivity index (χ0v) is 13.4. The predicted octanol–water partition coefficient (Wildman–Crippen LogP) is 1.44. The van der Waals surface area contributed by atoms with Crippen LogP contribution in [0.3, 0.4) is 0 Å². The molecule has 1 fully saturated rings. The monoisotopic (exact) mass is 316 g/mol. The van der Waals surface area contributed by atoms with Crippen molar-refractivity contribution < 1.29 is 4.79 Å². The number of benzene rings is 1. The molecule has 1 saturated heterocycles. The molecule has 1 aliphatic rings. The Morgan fingerprint density at radius 2 is 2.13 bits per heavy atom. The van der Waals surface area contributed by atoms with Crippen LogP contribution in [-0.4, -0.2) is 34.5 Å². The van der Waals surface area contributed by atoms with E-state index in [1.165, 1.54) is 0 Å². The Morgan fingerprint density at radius 1 is 1.30 bits per heavy atom. The number of carbonyl (C=O) groups is 1. The number of aromatic amines is 2. The van der Waals surface area contributed by atoms with E-state index >= 15 is 0 Å². The van der Waals surface area contributed by atoms with Gasteiger partial charge in [0, 0.05) is 18.5 Å². The molecule has 2 unspecified atom stereocenters. The summed E-state index contributed by atoms with van der Waals surface area (Å²) < 4.78 is 0. The molecule has 23 heavy (non-hydrogen) atoms. The molecule has 2 atom stereocenters. The number of fused-ring (bicyclic) bond motifs is 1. The molecule has 0 bridgehead atoms. The molecular weight excluding hydrogens is 292 g/mol. The van der Waals surface area contributed by atoms with Gasteiger partial charge in [-0.1, -0.05) is 6.07 Å². The SMILES string of the molecule is CC1NCCCC1NC(=O)CCCc1ccc2[nH]c(=O)[nH]c2c1. The molecule has 3 rings (SSSR count). The molecule has 1 aromatic carbocycles. The van der Waals surface area contributed by atoms with Crippen LogP contribution >= 0.6 is 0 Å². The van der Waals surface area contributed by atoms with E-state index in [9.17, 15) is 9.59 Å². The average molecular weight is 316 g/mol. The van der Waals surface area contributed by atoms with Gasteiger partial charge in [-0.15, -0.1) is 0 Å². The lowest BCUT2D eigenvalue weighted by Crippen LogP contribution is -2.51. The van der Waals surface area contributed by atoms with Gasteiger partial charge in [-0.25, -0.2) is 4.79 Å². The van der Waals surface area contributed by atoms with Gasteiger partial charge >= 0.3 is 5.69 Å². The fourth-order valence-corrected chi connectivity index (χ4v) is 3.21. The van der Waals surface area contributed by atoms with Gasteiger partial charge in [-0.3, -0.25) is 4.79 Å². The van der Waals surface area contributed by atoms with Crippen LogP contribution in [0.1, 0.15) is 38.2 Å². The normalized spacial score (nSPS) is 21.4. The molecular formula is C17H24N4O2. The van der Waals surface area contributed by atoms with Crippen LogP contribution in [0.25, 0.3) is 11.0 Å². The van der Waals surface area contributed by atoms with Gasteiger partial charge in [0.2, 0.25) is 5.91 Å². The van der Waals surface area contributed by atoms with E-state index in [0.29, 0.717) is 12.5 Å². The Hall–Kier alpha value is -2.08. The van der Waals surface area contributed by atoms with Crippen molar-refractivity contribution in [2.75, 3.05) is 6.54 Å². The van der Waals surface area contributed by atoms with Gasteiger partial charge in [0.15, 0.2) is 0 Å². The standard InChI is InChI=1S/C17H24N4O2/c1-11-13(5-3-9-18-11)19-16(22)6-2-4-12-7-8-14-15(10-12)21-17(23)20-14/h7-8,10-11,13,18H,2-6,9H2,1H3,(H,19,22)(H2,20,21,23). The van der Waals surface area contributed by atoms with Crippen LogP contribution < -0.4 is 16.3 Å². The molecule has 1 aliphatic heterocycles. The van der Waals surface area contributed by atoms with Crippen molar-refractivity contribution in [1.82, 2.24) is 20.6 Å². The molecule has 1 aromatic heterocycles. The molecule has 2 heterocycles. The highest BCUT2D eigenvalue weighted by Crippen LogP contribution is 2.13. The Bertz CT molecular complexity index is 734. The third-order valence-electron chi connectivity index (χ3n) is 4.56. The lowest BCUT2D eigenvalue weighted by atomic mass is 9.99. The van der Waals surface area contributed by atoms with Crippen LogP contribution in [0.4, 0.5) is 0 Å². The number of amides is 1. The molecule has 0 radical (unpaired) electrons. The summed E-state index contributed by atoms with van der Waals surface area (Å²) in [7, 11) is 0. The number of hydrogen-bond donors (Lipinski definition) is 4. The number of carbonyl (C=O) groups excluding carboxylic acids is 1. The van der Waals surface area contributed by atoms with E-state index in [4.69, 9.17) is 0 Å². The summed E-state index contributed by atoms with van der Waals surface area (Å²) >= 11 is 0. The first-order valence-corrected chi connectivity index (χ1v) is 8.35. The summed E-state index contributed by atoms with van der Waals surface area (Å²) in [5.41, 5.74) is 2.58. The fourth-order valence-electron chi connectivity index (χ4n) is 3.21. The van der Waals surface area contributed by atoms with Crippen molar-refractivity contribution in [3.63, 3.8) is 0 Å². The van der Waals surface area contributed by atoms with E-state index in [2.05, 4.69) is 27.5 Å². The van der Waals surface area contributed by atoms with Crippen LogP contribution in [0.2, 0.25) is 0 Å². The second-order valence-corrected chi connectivity index (χ2v) is 6.37. The van der Waals surface area contributed by atoms with Gasteiger partial charge in [-0.05, 0) is 56.8 Å². The highest BCUT2D eigenvalue weighted by atomic mass is 16.1. The van der Waals surface area contributed by atoms with Gasteiger partial charge < -0.3 is 20.6 Å². The molecule has 0 aliphatic carbocycles. The lowest BCUT2D eigenvalue weighted by Gasteiger charge is -2.30. The van der Waals surface area contributed by atoms with Gasteiger partial charge in [-0.2, -0.15) is 0 Å². The minimum atomic E-state index is -0.188. The summed E-state index contributed by atoms with van der Waals surface area (Å²) in [6, 6.07) is 6.46. The van der Waals surface area contributed by atoms with Crippen LogP contribution in [0, 0.1) is 0 Å². The summed E-state index contributed by atoms with van der Waals surface area (Å²) in [4.78, 5) is 28.8. The predicted molar refractivity (Wildman–Crippen MR) is 90.5 cm³/mol. The summed E-state index contributed by atoms with van der Waals surface area (Å²) in [5.74, 6) is 0.127. The molecule has 124 valence electrons. The molecule has 0 spiro atoms. The minimum Gasteiger partial charge on any atom is -0.352 e. The topological polar surface area (TPSA) is 89.8 Å². The Labute approximate surface area is 135 Å². The fraction of sp³-hybridized carbons (Fsp3) is 0.529. The summed E-state index contributed by atoms with van der Waals surface area (Å²) in [5, 5.41) is 6.53. The molecule has 6 nitrogen and oxygen atoms in total. The average Bonchev–Trinajstić information content (AvgIpc) is 2.89. The van der Waals surface area contributed by atoms with Crippen LogP contribution in [-0.2, 0) is 11.2 Å². The first-order valence-electron chi connectivity index (χ1n) is 8.35. The molecule has 6 heteroatoms. The highest BCUT2D eigenvalue weighted by Gasteiger charge is 2.21. The van der Waals surface area contributed by atoms with Gasteiger partial charge in [0.05, 0.1) is 11.0 Å². The minimum absolute atomic E-state index is 0.127. The first kappa shape index (κ1) is 15.8. The van der Waals surface area contributed by atoms with E-state index < -0.39 is 0 Å². The number of H-pyrrole nitrogens is 2. The molecule has 4 N–H and O–H groups in total. The number of hydrogen-bond acceptors (Lipinski definition) is 3. The number of imidazole rings is 1. The van der Waals surface area contributed by atoms with Crippen molar-refractivity contribution in [1.29, 1.82) is 0 Å². The smallest absolute Gasteiger partial charge is 0.323 e. The van der Waals surface area contributed by atoms with Crippen molar-refractivity contribution in [3.8, 4) is 0 Å². The first-order chi connectivity index (χ1) is 11.1. The van der Waals surface area contributed by atoms with E-state index in [1.807, 2.05) is 18.2 Å². The third kappa shape index (κ3) is 4.01. The number of aromatic nitrogens is 2. The van der Waals surface area contributed by atoms with Crippen molar-refractivity contribution in [2.24, 2.45) is 0 Å². The van der Waals surface area contributed by atoms with Crippen LogP contribution in [0.5, 0.6) is 0 Å². The van der Waals surface area contributed by atoms with E-state index in [0.717, 1.165) is 48.8 Å². The molecule has 1 amide bonds. The van der Waals surface area contributed by atoms with Crippen molar-refractivity contribution in [3.05, 3.63) is 34.2 Å². The summed E-state index contributed by atoms with van der Waals surface area (Å²) in [6.07, 6.45) is 4.34. The van der Waals surface area contributed by atoms with Gasteiger partial charge in [0.1, 0.15) is 0 Å². The van der Waals surface area contributed by atoms with Crippen LogP contribution in [0.15, 0.2) is 23.0 Å². The molecule has 0 saturated carbocycles. The lowest BCUT2D eigenvalue weighted by molar-refractivity contribution is -0.122. The van der Waals surface area contributed by atoms with E-state index in [-0.39, 0.29) is 17.6 Å². The zero-order chi connectivity index (χ0) is 16.2. The zero-order valence-electron chi connectivity index (χ0n) is 13.4. The number of nitrogens with one attached hydrogen (secondary N) is 4. The Balaban J connectivity index is 1.47. The number of piperidine rings is 1. The number of aryl methyl sites for hydroxylation is 1. The maximum absolute atomic E-state index is 12.1. The Morgan fingerprint density at radius 3 is 2.96 bits per heavy atom. The largest absolute Gasteiger partial charge is 0.352 e. The van der Waals surface area contributed by atoms with E-state index in [1.54, 1.807) is 0 Å². The van der Waals surface area contributed by atoms with Crippen molar-refractivity contribution >= 4 is 16.9 Å². The maximum Gasteiger partial charge on any atom is 0.323 e. The quantitative estimate of drug-likeness (QED) is 0.673. The van der Waals surface area contributed by atoms with Gasteiger partial charge in [0.25, 0.3) is 0 Å². The van der Waals surface area contributed by atoms with Crippen molar-refractivity contribution in [2.45, 2.75) is 51.1 Å². The molecule has 2 aromatic rings. The highest BCUT2D eigenvalue weighted by molar-refractivity contribution is 5.76.